The van der Waals surface area contributed by atoms with Crippen molar-refractivity contribution in [1.82, 2.24) is 20.2 Å². The van der Waals surface area contributed by atoms with Gasteiger partial charge < -0.3 is 0 Å². The SMILES string of the molecule is [2H]C([2H])([2H])c1nnc(-c2cc(C(C)(C)C)c3ccccc3c2)c2nc3ccccc3nc12. The summed E-state index contributed by atoms with van der Waals surface area (Å²) in [6.07, 6.45) is 0. The third-order valence-electron chi connectivity index (χ3n) is 5.21. The summed E-state index contributed by atoms with van der Waals surface area (Å²) in [7, 11) is 0. The number of aryl methyl sites for hydroxylation is 1. The van der Waals surface area contributed by atoms with E-state index < -0.39 is 6.85 Å². The minimum Gasteiger partial charge on any atom is -0.242 e. The Balaban J connectivity index is 1.89. The minimum absolute atomic E-state index is 0.101. The maximum Gasteiger partial charge on any atom is 0.121 e. The van der Waals surface area contributed by atoms with E-state index in [9.17, 15) is 0 Å². The van der Waals surface area contributed by atoms with Crippen molar-refractivity contribution >= 4 is 32.8 Å². The molecule has 0 saturated carbocycles. The number of fused-ring (bicyclic) bond motifs is 3. The smallest absolute Gasteiger partial charge is 0.121 e. The van der Waals surface area contributed by atoms with Gasteiger partial charge in [-0.2, -0.15) is 5.10 Å². The summed E-state index contributed by atoms with van der Waals surface area (Å²) in [4.78, 5) is 9.42. The van der Waals surface area contributed by atoms with Crippen LogP contribution in [0.25, 0.3) is 44.1 Å². The molecular formula is C25H22N4. The van der Waals surface area contributed by atoms with Gasteiger partial charge in [-0.15, -0.1) is 5.10 Å². The Morgan fingerprint density at radius 2 is 1.48 bits per heavy atom. The van der Waals surface area contributed by atoms with E-state index in [0.29, 0.717) is 22.2 Å². The van der Waals surface area contributed by atoms with Crippen molar-refractivity contribution < 1.29 is 4.11 Å². The first-order chi connectivity index (χ1) is 15.1. The van der Waals surface area contributed by atoms with E-state index in [2.05, 4.69) is 60.2 Å². The lowest BCUT2D eigenvalue weighted by Gasteiger charge is -2.22. The molecule has 0 unspecified atom stereocenters. The molecule has 3 aromatic carbocycles. The minimum atomic E-state index is -2.44. The van der Waals surface area contributed by atoms with Crippen LogP contribution in [0.2, 0.25) is 0 Å². The van der Waals surface area contributed by atoms with E-state index in [-0.39, 0.29) is 16.6 Å². The Labute approximate surface area is 173 Å². The van der Waals surface area contributed by atoms with Gasteiger partial charge >= 0.3 is 0 Å². The van der Waals surface area contributed by atoms with Crippen molar-refractivity contribution in [3.63, 3.8) is 0 Å². The molecule has 0 aliphatic rings. The molecule has 0 bridgehead atoms. The highest BCUT2D eigenvalue weighted by Crippen LogP contribution is 2.36. The van der Waals surface area contributed by atoms with Crippen molar-refractivity contribution in [2.24, 2.45) is 0 Å². The van der Waals surface area contributed by atoms with Crippen LogP contribution < -0.4 is 0 Å². The highest BCUT2D eigenvalue weighted by atomic mass is 15.1. The normalized spacial score (nSPS) is 14.1. The van der Waals surface area contributed by atoms with Gasteiger partial charge in [0, 0.05) is 9.68 Å². The molecule has 4 nitrogen and oxygen atoms in total. The Hall–Kier alpha value is -3.40. The molecule has 0 saturated heterocycles. The number of rotatable bonds is 1. The van der Waals surface area contributed by atoms with Crippen LogP contribution in [0.3, 0.4) is 0 Å². The first kappa shape index (κ1) is 14.6. The molecule has 2 aromatic heterocycles. The van der Waals surface area contributed by atoms with Crippen LogP contribution in [0.5, 0.6) is 0 Å². The molecule has 0 fully saturated rings. The van der Waals surface area contributed by atoms with Crippen LogP contribution in [0.4, 0.5) is 0 Å². The second-order valence-electron chi connectivity index (χ2n) is 8.30. The van der Waals surface area contributed by atoms with Crippen molar-refractivity contribution in [2.75, 3.05) is 0 Å². The number of aromatic nitrogens is 4. The van der Waals surface area contributed by atoms with E-state index in [1.165, 1.54) is 10.9 Å². The maximum atomic E-state index is 7.93. The van der Waals surface area contributed by atoms with Crippen molar-refractivity contribution in [1.29, 1.82) is 0 Å². The molecule has 29 heavy (non-hydrogen) atoms. The lowest BCUT2D eigenvalue weighted by atomic mass is 9.82. The van der Waals surface area contributed by atoms with Gasteiger partial charge in [-0.3, -0.25) is 0 Å². The Bertz CT molecular complexity index is 1500. The maximum absolute atomic E-state index is 7.93. The third kappa shape index (κ3) is 2.92. The molecule has 4 heteroatoms. The summed E-state index contributed by atoms with van der Waals surface area (Å²) in [5.41, 5.74) is 4.33. The van der Waals surface area contributed by atoms with Crippen molar-refractivity contribution in [3.05, 3.63) is 71.9 Å². The first-order valence-electron chi connectivity index (χ1n) is 11.1. The van der Waals surface area contributed by atoms with Gasteiger partial charge in [0.05, 0.1) is 16.7 Å². The molecule has 142 valence electrons. The molecule has 0 aliphatic heterocycles. The lowest BCUT2D eigenvalue weighted by molar-refractivity contribution is 0.596. The Kier molecular flexibility index (Phi) is 3.17. The van der Waals surface area contributed by atoms with Crippen molar-refractivity contribution in [3.8, 4) is 11.3 Å². The van der Waals surface area contributed by atoms with E-state index in [1.54, 1.807) is 0 Å². The molecule has 5 rings (SSSR count). The molecule has 0 radical (unpaired) electrons. The average molecular weight is 381 g/mol. The van der Waals surface area contributed by atoms with Crippen LogP contribution in [0, 0.1) is 6.85 Å². The second kappa shape index (κ2) is 6.31. The van der Waals surface area contributed by atoms with Crippen LogP contribution >= 0.6 is 0 Å². The summed E-state index contributed by atoms with van der Waals surface area (Å²) < 4.78 is 23.8. The molecule has 0 N–H and O–H groups in total. The quantitative estimate of drug-likeness (QED) is 0.334. The monoisotopic (exact) mass is 381 g/mol. The molecule has 0 spiro atoms. The summed E-state index contributed by atoms with van der Waals surface area (Å²) in [6, 6.07) is 19.8. The van der Waals surface area contributed by atoms with Gasteiger partial charge in [-0.05, 0) is 52.9 Å². The molecule has 2 heterocycles. The molecule has 0 amide bonds. The van der Waals surface area contributed by atoms with Crippen LogP contribution in [-0.2, 0) is 5.41 Å². The predicted molar refractivity (Wildman–Crippen MR) is 119 cm³/mol. The van der Waals surface area contributed by atoms with E-state index in [1.807, 2.05) is 36.4 Å². The zero-order valence-corrected chi connectivity index (χ0v) is 16.6. The topological polar surface area (TPSA) is 51.6 Å². The number of nitrogens with zero attached hydrogens (tertiary/aromatic N) is 4. The fourth-order valence-corrected chi connectivity index (χ4v) is 3.79. The molecule has 0 aliphatic carbocycles. The zero-order chi connectivity index (χ0) is 22.7. The van der Waals surface area contributed by atoms with E-state index in [0.717, 1.165) is 10.9 Å². The number of hydrogen-bond donors (Lipinski definition) is 0. The van der Waals surface area contributed by atoms with Gasteiger partial charge in [-0.25, -0.2) is 9.97 Å². The second-order valence-corrected chi connectivity index (χ2v) is 8.30. The highest BCUT2D eigenvalue weighted by molar-refractivity contribution is 5.98. The number of para-hydroxylation sites is 2. The summed E-state index contributed by atoms with van der Waals surface area (Å²) in [6.45, 7) is 4.08. The molecule has 0 atom stereocenters. The fraction of sp³-hybridized carbons (Fsp3) is 0.200. The Morgan fingerprint density at radius 1 is 0.793 bits per heavy atom. The Morgan fingerprint density at radius 3 is 2.21 bits per heavy atom. The number of hydrogen-bond acceptors (Lipinski definition) is 4. The van der Waals surface area contributed by atoms with Gasteiger partial charge in [0.15, 0.2) is 0 Å². The summed E-state index contributed by atoms with van der Waals surface area (Å²) in [5.74, 6) is 0. The van der Waals surface area contributed by atoms with Gasteiger partial charge in [0.25, 0.3) is 0 Å². The zero-order valence-electron chi connectivity index (χ0n) is 19.6. The first-order valence-corrected chi connectivity index (χ1v) is 9.60. The van der Waals surface area contributed by atoms with Gasteiger partial charge in [0.1, 0.15) is 16.7 Å². The average Bonchev–Trinajstić information content (AvgIpc) is 2.74. The molecular weight excluding hydrogens is 356 g/mol. The predicted octanol–water partition coefficient (Wildman–Crippen LogP) is 6.00. The van der Waals surface area contributed by atoms with Gasteiger partial charge in [0.2, 0.25) is 0 Å². The standard InChI is InChI=1S/C25H22N4/c1-15-22-24(27-21-12-8-7-11-20(21)26-22)23(29-28-15)17-13-16-9-5-6-10-18(16)19(14-17)25(2,3)4/h5-14H,1-4H3/i1D3. The fourth-order valence-electron chi connectivity index (χ4n) is 3.79. The van der Waals surface area contributed by atoms with Crippen LogP contribution in [-0.4, -0.2) is 20.2 Å². The van der Waals surface area contributed by atoms with Crippen LogP contribution in [0.15, 0.2) is 60.7 Å². The summed E-state index contributed by atoms with van der Waals surface area (Å²) >= 11 is 0. The third-order valence-corrected chi connectivity index (χ3v) is 5.21. The summed E-state index contributed by atoms with van der Waals surface area (Å²) in [5, 5.41) is 10.7. The van der Waals surface area contributed by atoms with E-state index >= 15 is 0 Å². The number of benzene rings is 3. The lowest BCUT2D eigenvalue weighted by Crippen LogP contribution is -2.12. The molecule has 5 aromatic rings. The largest absolute Gasteiger partial charge is 0.242 e. The van der Waals surface area contributed by atoms with Gasteiger partial charge in [-0.1, -0.05) is 57.2 Å². The van der Waals surface area contributed by atoms with Crippen molar-refractivity contribution in [2.45, 2.75) is 33.0 Å². The highest BCUT2D eigenvalue weighted by Gasteiger charge is 2.20. The van der Waals surface area contributed by atoms with E-state index in [4.69, 9.17) is 9.10 Å². The van der Waals surface area contributed by atoms with Crippen LogP contribution in [0.1, 0.15) is 36.1 Å².